The number of ether oxygens (including phenoxy) is 1. The number of nitrogens with one attached hydrogen (secondary N) is 1. The van der Waals surface area contributed by atoms with Crippen molar-refractivity contribution in [1.29, 1.82) is 0 Å². The monoisotopic (exact) mass is 235 g/mol. The number of methoxy groups -OCH3 is 1. The van der Waals surface area contributed by atoms with Crippen LogP contribution in [0, 0.1) is 5.41 Å². The molecule has 0 aromatic heterocycles. The van der Waals surface area contributed by atoms with Gasteiger partial charge in [0.2, 0.25) is 5.91 Å². The zero-order chi connectivity index (χ0) is 11.9. The molecule has 0 aliphatic rings. The summed E-state index contributed by atoms with van der Waals surface area (Å²) in [5.41, 5.74) is -0.321. The first kappa shape index (κ1) is 14.7. The molecule has 0 aromatic rings. The summed E-state index contributed by atoms with van der Waals surface area (Å²) in [5.74, 6) is 0.595. The topological polar surface area (TPSA) is 38.3 Å². The average Bonchev–Trinajstić information content (AvgIpc) is 2.18. The molecule has 1 atom stereocenters. The van der Waals surface area contributed by atoms with E-state index in [4.69, 9.17) is 16.3 Å². The van der Waals surface area contributed by atoms with Crippen LogP contribution in [-0.2, 0) is 9.53 Å². The second-order valence-corrected chi connectivity index (χ2v) is 4.72. The molecule has 15 heavy (non-hydrogen) atoms. The molecule has 0 aromatic carbocycles. The quantitative estimate of drug-likeness (QED) is 0.687. The number of carbonyl (C=O) groups excluding carboxylic acids is 1. The third-order valence-corrected chi connectivity index (χ3v) is 2.88. The molecular formula is C11H22ClNO2. The highest BCUT2D eigenvalue weighted by atomic mass is 35.5. The summed E-state index contributed by atoms with van der Waals surface area (Å²) in [6.45, 7) is 6.39. The van der Waals surface area contributed by atoms with E-state index < -0.39 is 0 Å². The van der Waals surface area contributed by atoms with Crippen LogP contribution in [-0.4, -0.2) is 31.5 Å². The fourth-order valence-electron chi connectivity index (χ4n) is 1.07. The number of amides is 1. The fraction of sp³-hybridized carbons (Fsp3) is 0.909. The van der Waals surface area contributed by atoms with Gasteiger partial charge in [-0.25, -0.2) is 0 Å². The van der Waals surface area contributed by atoms with E-state index in [2.05, 4.69) is 5.32 Å². The molecule has 0 bridgehead atoms. The van der Waals surface area contributed by atoms with E-state index >= 15 is 0 Å². The van der Waals surface area contributed by atoms with Crippen LogP contribution in [0.25, 0.3) is 0 Å². The van der Waals surface area contributed by atoms with E-state index in [1.54, 1.807) is 7.11 Å². The standard InChI is InChI=1S/C11H22ClNO2/c1-5-11(2,3)10(14)13-9(6-7-12)8-15-4/h9H,5-8H2,1-4H3,(H,13,14). The molecule has 0 rings (SSSR count). The van der Waals surface area contributed by atoms with Crippen molar-refractivity contribution in [3.63, 3.8) is 0 Å². The van der Waals surface area contributed by atoms with Crippen molar-refractivity contribution in [3.8, 4) is 0 Å². The van der Waals surface area contributed by atoms with Gasteiger partial charge in [0, 0.05) is 18.4 Å². The van der Waals surface area contributed by atoms with Crippen LogP contribution < -0.4 is 5.32 Å². The minimum atomic E-state index is -0.321. The number of hydrogen-bond donors (Lipinski definition) is 1. The molecule has 0 radical (unpaired) electrons. The Balaban J connectivity index is 4.21. The van der Waals surface area contributed by atoms with E-state index in [1.807, 2.05) is 20.8 Å². The van der Waals surface area contributed by atoms with Gasteiger partial charge in [-0.15, -0.1) is 11.6 Å². The zero-order valence-electron chi connectivity index (χ0n) is 10.1. The maximum absolute atomic E-state index is 11.8. The highest BCUT2D eigenvalue weighted by Crippen LogP contribution is 2.19. The predicted molar refractivity (Wildman–Crippen MR) is 63.2 cm³/mol. The lowest BCUT2D eigenvalue weighted by Crippen LogP contribution is -2.44. The van der Waals surface area contributed by atoms with Crippen molar-refractivity contribution in [2.45, 2.75) is 39.7 Å². The zero-order valence-corrected chi connectivity index (χ0v) is 10.9. The molecular weight excluding hydrogens is 214 g/mol. The van der Waals surface area contributed by atoms with Gasteiger partial charge in [0.15, 0.2) is 0 Å². The van der Waals surface area contributed by atoms with Crippen molar-refractivity contribution < 1.29 is 9.53 Å². The van der Waals surface area contributed by atoms with Gasteiger partial charge in [0.25, 0.3) is 0 Å². The SMILES string of the molecule is CCC(C)(C)C(=O)NC(CCCl)COC. The third-order valence-electron chi connectivity index (χ3n) is 2.66. The van der Waals surface area contributed by atoms with Gasteiger partial charge < -0.3 is 10.1 Å². The van der Waals surface area contributed by atoms with Crippen molar-refractivity contribution in [1.82, 2.24) is 5.32 Å². The van der Waals surface area contributed by atoms with Gasteiger partial charge in [0.1, 0.15) is 0 Å². The second-order valence-electron chi connectivity index (χ2n) is 4.34. The molecule has 0 saturated heterocycles. The third kappa shape index (κ3) is 5.38. The van der Waals surface area contributed by atoms with Gasteiger partial charge in [-0.2, -0.15) is 0 Å². The Morgan fingerprint density at radius 1 is 1.53 bits per heavy atom. The van der Waals surface area contributed by atoms with E-state index in [0.29, 0.717) is 12.5 Å². The molecule has 0 saturated carbocycles. The van der Waals surface area contributed by atoms with Crippen molar-refractivity contribution in [3.05, 3.63) is 0 Å². The minimum Gasteiger partial charge on any atom is -0.383 e. The molecule has 90 valence electrons. The Morgan fingerprint density at radius 3 is 2.53 bits per heavy atom. The molecule has 1 unspecified atom stereocenters. The van der Waals surface area contributed by atoms with Gasteiger partial charge >= 0.3 is 0 Å². The highest BCUT2D eigenvalue weighted by Gasteiger charge is 2.26. The summed E-state index contributed by atoms with van der Waals surface area (Å²) in [5, 5.41) is 2.96. The summed E-state index contributed by atoms with van der Waals surface area (Å²) in [6.07, 6.45) is 1.56. The second kappa shape index (κ2) is 7.07. The van der Waals surface area contributed by atoms with Gasteiger partial charge in [-0.3, -0.25) is 4.79 Å². The van der Waals surface area contributed by atoms with E-state index in [1.165, 1.54) is 0 Å². The van der Waals surface area contributed by atoms with Crippen LogP contribution in [0.4, 0.5) is 0 Å². The Kier molecular flexibility index (Phi) is 6.94. The smallest absolute Gasteiger partial charge is 0.225 e. The number of halogens is 1. The number of carbonyl (C=O) groups is 1. The lowest BCUT2D eigenvalue weighted by Gasteiger charge is -2.25. The van der Waals surface area contributed by atoms with Gasteiger partial charge in [-0.05, 0) is 12.8 Å². The Bertz CT molecular complexity index is 189. The maximum Gasteiger partial charge on any atom is 0.225 e. The summed E-state index contributed by atoms with van der Waals surface area (Å²) in [7, 11) is 1.62. The Morgan fingerprint density at radius 2 is 2.13 bits per heavy atom. The largest absolute Gasteiger partial charge is 0.383 e. The lowest BCUT2D eigenvalue weighted by atomic mass is 9.89. The fourth-order valence-corrected chi connectivity index (χ4v) is 1.33. The predicted octanol–water partition coefficient (Wildman–Crippen LogP) is 2.18. The maximum atomic E-state index is 11.8. The van der Waals surface area contributed by atoms with Crippen LogP contribution in [0.1, 0.15) is 33.6 Å². The Labute approximate surface area is 97.5 Å². The minimum absolute atomic E-state index is 0.0193. The van der Waals surface area contributed by atoms with Crippen molar-refractivity contribution >= 4 is 17.5 Å². The van der Waals surface area contributed by atoms with Crippen LogP contribution in [0.3, 0.4) is 0 Å². The molecule has 0 fully saturated rings. The average molecular weight is 236 g/mol. The number of alkyl halides is 1. The summed E-state index contributed by atoms with van der Waals surface area (Å²) < 4.78 is 5.03. The normalized spacial score (nSPS) is 13.7. The molecule has 1 amide bonds. The molecule has 3 nitrogen and oxygen atoms in total. The first-order chi connectivity index (χ1) is 6.97. The molecule has 0 aliphatic carbocycles. The van der Waals surface area contributed by atoms with Gasteiger partial charge in [0.05, 0.1) is 12.6 Å². The van der Waals surface area contributed by atoms with E-state index in [0.717, 1.165) is 12.8 Å². The number of hydrogen-bond acceptors (Lipinski definition) is 2. The van der Waals surface area contributed by atoms with Gasteiger partial charge in [-0.1, -0.05) is 20.8 Å². The highest BCUT2D eigenvalue weighted by molar-refractivity contribution is 6.17. The molecule has 0 aliphatic heterocycles. The number of rotatable bonds is 7. The first-order valence-corrected chi connectivity index (χ1v) is 5.87. The molecule has 1 N–H and O–H groups in total. The van der Waals surface area contributed by atoms with E-state index in [-0.39, 0.29) is 17.4 Å². The first-order valence-electron chi connectivity index (χ1n) is 5.33. The van der Waals surface area contributed by atoms with Crippen LogP contribution in [0.5, 0.6) is 0 Å². The van der Waals surface area contributed by atoms with Crippen molar-refractivity contribution in [2.75, 3.05) is 19.6 Å². The van der Waals surface area contributed by atoms with Crippen LogP contribution in [0.15, 0.2) is 0 Å². The lowest BCUT2D eigenvalue weighted by molar-refractivity contribution is -0.130. The van der Waals surface area contributed by atoms with E-state index in [9.17, 15) is 4.79 Å². The molecule has 0 heterocycles. The summed E-state index contributed by atoms with van der Waals surface area (Å²) in [4.78, 5) is 11.8. The summed E-state index contributed by atoms with van der Waals surface area (Å²) in [6, 6.07) is 0.0193. The van der Waals surface area contributed by atoms with Crippen LogP contribution in [0.2, 0.25) is 0 Å². The van der Waals surface area contributed by atoms with Crippen LogP contribution >= 0.6 is 11.6 Å². The molecule has 0 spiro atoms. The molecule has 4 heteroatoms. The summed E-state index contributed by atoms with van der Waals surface area (Å²) >= 11 is 5.66. The van der Waals surface area contributed by atoms with Crippen molar-refractivity contribution in [2.24, 2.45) is 5.41 Å². The Hall–Kier alpha value is -0.280.